The van der Waals surface area contributed by atoms with Gasteiger partial charge in [0.15, 0.2) is 0 Å². The maximum atomic E-state index is 12.3. The minimum atomic E-state index is -3.76. The summed E-state index contributed by atoms with van der Waals surface area (Å²) in [5, 5.41) is 0.0575. The highest BCUT2D eigenvalue weighted by atomic mass is 35.5. The van der Waals surface area contributed by atoms with Crippen molar-refractivity contribution in [2.45, 2.75) is 23.8 Å². The molecule has 2 aromatic carbocycles. The molecule has 0 radical (unpaired) electrons. The van der Waals surface area contributed by atoms with E-state index in [9.17, 15) is 13.2 Å². The lowest BCUT2D eigenvalue weighted by Gasteiger charge is -2.10. The van der Waals surface area contributed by atoms with Gasteiger partial charge in [-0.05, 0) is 43.2 Å². The molecule has 0 saturated heterocycles. The van der Waals surface area contributed by atoms with Gasteiger partial charge in [0.2, 0.25) is 10.0 Å². The molecule has 0 aromatic heterocycles. The summed E-state index contributed by atoms with van der Waals surface area (Å²) >= 11 is 5.99. The fraction of sp³-hybridized carbons (Fsp3) is 0.278. The first kappa shape index (κ1) is 18.7. The maximum Gasteiger partial charge on any atom is 0.338 e. The molecule has 1 fully saturated rings. The molecule has 6 nitrogen and oxygen atoms in total. The highest BCUT2D eigenvalue weighted by Crippen LogP contribution is 2.27. The van der Waals surface area contributed by atoms with Crippen molar-refractivity contribution in [3.63, 3.8) is 0 Å². The molecule has 1 N–H and O–H groups in total. The van der Waals surface area contributed by atoms with Crippen molar-refractivity contribution in [1.82, 2.24) is 4.72 Å². The van der Waals surface area contributed by atoms with Crippen LogP contribution in [-0.4, -0.2) is 33.6 Å². The number of nitrogens with one attached hydrogen (secondary N) is 1. The van der Waals surface area contributed by atoms with Gasteiger partial charge in [-0.15, -0.1) is 0 Å². The van der Waals surface area contributed by atoms with Gasteiger partial charge >= 0.3 is 5.97 Å². The van der Waals surface area contributed by atoms with Crippen molar-refractivity contribution >= 4 is 27.6 Å². The second-order valence-corrected chi connectivity index (χ2v) is 7.93. The fourth-order valence-electron chi connectivity index (χ4n) is 2.21. The zero-order chi connectivity index (χ0) is 18.6. The van der Waals surface area contributed by atoms with Crippen LogP contribution >= 0.6 is 11.6 Å². The molecular formula is C18H18ClNO5S. The van der Waals surface area contributed by atoms with Crippen molar-refractivity contribution < 1.29 is 22.7 Å². The van der Waals surface area contributed by atoms with Gasteiger partial charge in [-0.25, -0.2) is 17.9 Å². The lowest BCUT2D eigenvalue weighted by molar-refractivity contribution is 0.0450. The Hall–Kier alpha value is -2.09. The van der Waals surface area contributed by atoms with Crippen molar-refractivity contribution in [3.8, 4) is 5.75 Å². The van der Waals surface area contributed by atoms with Gasteiger partial charge in [0, 0.05) is 6.04 Å². The van der Waals surface area contributed by atoms with Crippen LogP contribution in [0.1, 0.15) is 23.2 Å². The Bertz CT molecular complexity index is 882. The molecule has 26 heavy (non-hydrogen) atoms. The molecule has 0 aliphatic heterocycles. The first-order valence-corrected chi connectivity index (χ1v) is 9.99. The molecular weight excluding hydrogens is 378 g/mol. The SMILES string of the molecule is O=C(OCCOc1ccccc1)c1ccc(Cl)c(S(=O)(=O)NC2CC2)c1. The number of carbonyl (C=O) groups is 1. The number of carbonyl (C=O) groups excluding carboxylic acids is 1. The zero-order valence-electron chi connectivity index (χ0n) is 13.9. The molecule has 3 rings (SSSR count). The predicted octanol–water partition coefficient (Wildman–Crippen LogP) is 3.02. The Morgan fingerprint density at radius 2 is 1.85 bits per heavy atom. The van der Waals surface area contributed by atoms with Crippen LogP contribution in [0.5, 0.6) is 5.75 Å². The summed E-state index contributed by atoms with van der Waals surface area (Å²) in [5.41, 5.74) is 0.116. The number of ether oxygens (including phenoxy) is 2. The van der Waals surface area contributed by atoms with E-state index in [2.05, 4.69) is 4.72 Å². The van der Waals surface area contributed by atoms with E-state index in [0.717, 1.165) is 12.8 Å². The van der Waals surface area contributed by atoms with Crippen LogP contribution < -0.4 is 9.46 Å². The monoisotopic (exact) mass is 395 g/mol. The number of halogens is 1. The second-order valence-electron chi connectivity index (χ2n) is 5.84. The van der Waals surface area contributed by atoms with Crippen LogP contribution in [0.15, 0.2) is 53.4 Å². The molecule has 2 aromatic rings. The summed E-state index contributed by atoms with van der Waals surface area (Å²) in [6.07, 6.45) is 1.61. The first-order chi connectivity index (χ1) is 12.5. The third-order valence-corrected chi connectivity index (χ3v) is 5.69. The predicted molar refractivity (Wildman–Crippen MR) is 97.0 cm³/mol. The standard InChI is InChI=1S/C18H18ClNO5S/c19-16-9-6-13(12-17(16)26(22,23)20-14-7-8-14)18(21)25-11-10-24-15-4-2-1-3-5-15/h1-6,9,12,14,20H,7-8,10-11H2. The highest BCUT2D eigenvalue weighted by Gasteiger charge is 2.29. The average molecular weight is 396 g/mol. The molecule has 1 aliphatic carbocycles. The summed E-state index contributed by atoms with van der Waals surface area (Å²) in [6.45, 7) is 0.233. The molecule has 0 amide bonds. The third-order valence-electron chi connectivity index (χ3n) is 3.68. The maximum absolute atomic E-state index is 12.3. The number of rotatable bonds is 8. The molecule has 0 spiro atoms. The van der Waals surface area contributed by atoms with Crippen LogP contribution in [0.25, 0.3) is 0 Å². The number of sulfonamides is 1. The van der Waals surface area contributed by atoms with Crippen LogP contribution in [0, 0.1) is 0 Å². The van der Waals surface area contributed by atoms with Crippen LogP contribution in [-0.2, 0) is 14.8 Å². The Morgan fingerprint density at radius 1 is 1.12 bits per heavy atom. The van der Waals surface area contributed by atoms with Crippen molar-refractivity contribution in [1.29, 1.82) is 0 Å². The van der Waals surface area contributed by atoms with Crippen molar-refractivity contribution in [2.24, 2.45) is 0 Å². The smallest absolute Gasteiger partial charge is 0.338 e. The Labute approximate surface area is 157 Å². The number of esters is 1. The summed E-state index contributed by atoms with van der Waals surface area (Å²) in [5.74, 6) is 0.0378. The summed E-state index contributed by atoms with van der Waals surface area (Å²) in [6, 6.07) is 13.1. The van der Waals surface area contributed by atoms with Gasteiger partial charge in [0.05, 0.1) is 10.6 Å². The van der Waals surface area contributed by atoms with E-state index >= 15 is 0 Å². The minimum absolute atomic E-state index is 0.0404. The topological polar surface area (TPSA) is 81.7 Å². The average Bonchev–Trinajstić information content (AvgIpc) is 3.43. The minimum Gasteiger partial charge on any atom is -0.490 e. The van der Waals surface area contributed by atoms with E-state index in [0.29, 0.717) is 5.75 Å². The molecule has 0 bridgehead atoms. The number of para-hydroxylation sites is 1. The Balaban J connectivity index is 1.59. The van der Waals surface area contributed by atoms with Gasteiger partial charge < -0.3 is 9.47 Å². The molecule has 0 unspecified atom stereocenters. The van der Waals surface area contributed by atoms with E-state index in [1.807, 2.05) is 18.2 Å². The fourth-order valence-corrected chi connectivity index (χ4v) is 4.04. The molecule has 0 heterocycles. The van der Waals surface area contributed by atoms with Crippen LogP contribution in [0.3, 0.4) is 0 Å². The lowest BCUT2D eigenvalue weighted by atomic mass is 10.2. The van der Waals surface area contributed by atoms with Crippen molar-refractivity contribution in [3.05, 3.63) is 59.1 Å². The second kappa shape index (κ2) is 8.07. The number of hydrogen-bond donors (Lipinski definition) is 1. The van der Waals surface area contributed by atoms with E-state index in [-0.39, 0.29) is 34.7 Å². The largest absolute Gasteiger partial charge is 0.490 e. The van der Waals surface area contributed by atoms with Gasteiger partial charge in [0.25, 0.3) is 0 Å². The molecule has 1 aliphatic rings. The lowest BCUT2D eigenvalue weighted by Crippen LogP contribution is -2.26. The molecule has 138 valence electrons. The van der Waals surface area contributed by atoms with E-state index in [1.165, 1.54) is 18.2 Å². The van der Waals surface area contributed by atoms with E-state index in [1.54, 1.807) is 12.1 Å². The molecule has 0 atom stereocenters. The first-order valence-electron chi connectivity index (χ1n) is 8.12. The normalized spacial score (nSPS) is 14.0. The van der Waals surface area contributed by atoms with Gasteiger partial charge in [0.1, 0.15) is 23.9 Å². The van der Waals surface area contributed by atoms with Crippen LogP contribution in [0.2, 0.25) is 5.02 Å². The van der Waals surface area contributed by atoms with Gasteiger partial charge in [-0.3, -0.25) is 0 Å². The Morgan fingerprint density at radius 3 is 2.54 bits per heavy atom. The molecule has 8 heteroatoms. The Kier molecular flexibility index (Phi) is 5.80. The molecule has 1 saturated carbocycles. The van der Waals surface area contributed by atoms with Gasteiger partial charge in [-0.2, -0.15) is 0 Å². The third kappa shape index (κ3) is 4.97. The van der Waals surface area contributed by atoms with Crippen molar-refractivity contribution in [2.75, 3.05) is 13.2 Å². The van der Waals surface area contributed by atoms with Crippen LogP contribution in [0.4, 0.5) is 0 Å². The summed E-state index contributed by atoms with van der Waals surface area (Å²) < 4.78 is 37.8. The highest BCUT2D eigenvalue weighted by molar-refractivity contribution is 7.89. The zero-order valence-corrected chi connectivity index (χ0v) is 15.4. The van der Waals surface area contributed by atoms with Gasteiger partial charge in [-0.1, -0.05) is 29.8 Å². The quantitative estimate of drug-likeness (QED) is 0.548. The van der Waals surface area contributed by atoms with E-state index in [4.69, 9.17) is 21.1 Å². The number of hydrogen-bond acceptors (Lipinski definition) is 5. The summed E-state index contributed by atoms with van der Waals surface area (Å²) in [7, 11) is -3.76. The number of benzene rings is 2. The summed E-state index contributed by atoms with van der Waals surface area (Å²) in [4.78, 5) is 12.0. The van der Waals surface area contributed by atoms with E-state index < -0.39 is 16.0 Å².